The maximum atomic E-state index is 9.69. The van der Waals surface area contributed by atoms with Crippen LogP contribution in [0.3, 0.4) is 0 Å². The molecule has 0 saturated heterocycles. The summed E-state index contributed by atoms with van der Waals surface area (Å²) >= 11 is 5.26. The van der Waals surface area contributed by atoms with E-state index in [1.807, 2.05) is 24.3 Å². The van der Waals surface area contributed by atoms with Gasteiger partial charge in [-0.3, -0.25) is 0 Å². The van der Waals surface area contributed by atoms with E-state index in [1.54, 1.807) is 0 Å². The van der Waals surface area contributed by atoms with Gasteiger partial charge in [0.05, 0.1) is 6.10 Å². The Morgan fingerprint density at radius 3 is 2.46 bits per heavy atom. The Morgan fingerprint density at radius 1 is 1.31 bits per heavy atom. The molecule has 0 aromatic heterocycles. The highest BCUT2D eigenvalue weighted by Gasteiger charge is 2.18. The van der Waals surface area contributed by atoms with Crippen molar-refractivity contribution in [3.63, 3.8) is 0 Å². The van der Waals surface area contributed by atoms with E-state index in [0.29, 0.717) is 5.33 Å². The predicted octanol–water partition coefficient (Wildman–Crippen LogP) is 2.08. The van der Waals surface area contributed by atoms with Crippen molar-refractivity contribution in [2.24, 2.45) is 0 Å². The van der Waals surface area contributed by atoms with Gasteiger partial charge in [-0.25, -0.2) is 0 Å². The zero-order valence-electron chi connectivity index (χ0n) is 6.82. The molecule has 0 heterocycles. The van der Waals surface area contributed by atoms with Crippen molar-refractivity contribution in [2.45, 2.75) is 12.2 Å². The van der Waals surface area contributed by atoms with Crippen LogP contribution in [0.4, 0.5) is 0 Å². The van der Waals surface area contributed by atoms with Gasteiger partial charge in [-0.15, -0.1) is 0 Å². The monoisotopic (exact) mass is 356 g/mol. The average Bonchev–Trinajstić information content (AvgIpc) is 2.16. The van der Waals surface area contributed by atoms with E-state index >= 15 is 0 Å². The number of benzene rings is 1. The second-order valence-corrected chi connectivity index (χ2v) is 4.50. The molecule has 0 amide bonds. The van der Waals surface area contributed by atoms with Crippen molar-refractivity contribution >= 4 is 38.5 Å². The molecule has 0 fully saturated rings. The predicted molar refractivity (Wildman–Crippen MR) is 63.9 cm³/mol. The molecule has 1 rings (SSSR count). The number of hydrogen-bond donors (Lipinski definition) is 2. The first kappa shape index (κ1) is 11.4. The van der Waals surface area contributed by atoms with Crippen LogP contribution in [0.2, 0.25) is 0 Å². The molecule has 4 heteroatoms. The third-order valence-corrected chi connectivity index (χ3v) is 3.39. The van der Waals surface area contributed by atoms with E-state index in [-0.39, 0.29) is 0 Å². The fourth-order valence-electron chi connectivity index (χ4n) is 1.01. The number of hydrogen-bond acceptors (Lipinski definition) is 2. The minimum absolute atomic E-state index is 0.374. The largest absolute Gasteiger partial charge is 0.389 e. The highest BCUT2D eigenvalue weighted by molar-refractivity contribution is 14.1. The molecule has 0 aliphatic carbocycles. The van der Waals surface area contributed by atoms with Gasteiger partial charge in [0, 0.05) is 8.90 Å². The summed E-state index contributed by atoms with van der Waals surface area (Å²) in [7, 11) is 0. The maximum absolute atomic E-state index is 9.69. The molecule has 2 N–H and O–H groups in total. The van der Waals surface area contributed by atoms with Gasteiger partial charge in [0.1, 0.15) is 6.10 Å². The highest BCUT2D eigenvalue weighted by atomic mass is 127. The molecule has 72 valence electrons. The molecule has 0 aliphatic rings. The summed E-state index contributed by atoms with van der Waals surface area (Å²) in [5, 5.41) is 19.5. The Balaban J connectivity index is 2.88. The van der Waals surface area contributed by atoms with Crippen LogP contribution >= 0.6 is 38.5 Å². The molecule has 0 radical (unpaired) electrons. The first-order valence-corrected chi connectivity index (χ1v) is 6.03. The number of rotatable bonds is 3. The van der Waals surface area contributed by atoms with Crippen molar-refractivity contribution < 1.29 is 10.2 Å². The minimum Gasteiger partial charge on any atom is -0.389 e. The highest BCUT2D eigenvalue weighted by Crippen LogP contribution is 2.23. The zero-order chi connectivity index (χ0) is 9.84. The Hall–Kier alpha value is 0.350. The summed E-state index contributed by atoms with van der Waals surface area (Å²) in [5.74, 6) is 0. The standard InChI is InChI=1S/C9H10BrIO2/c10-5-8(12)9(13)6-3-1-2-4-7(6)11/h1-4,8-9,12-13H,5H2. The lowest BCUT2D eigenvalue weighted by Gasteiger charge is -2.16. The molecule has 2 unspecified atom stereocenters. The molecule has 0 bridgehead atoms. The summed E-state index contributed by atoms with van der Waals surface area (Å²) < 4.78 is 0.965. The first-order chi connectivity index (χ1) is 6.16. The lowest BCUT2D eigenvalue weighted by Crippen LogP contribution is -2.20. The van der Waals surface area contributed by atoms with Crippen LogP contribution in [-0.2, 0) is 0 Å². The van der Waals surface area contributed by atoms with Crippen LogP contribution < -0.4 is 0 Å². The summed E-state index contributed by atoms with van der Waals surface area (Å²) in [4.78, 5) is 0. The molecular formula is C9H10BrIO2. The summed E-state index contributed by atoms with van der Waals surface area (Å²) in [6.45, 7) is 0. The topological polar surface area (TPSA) is 40.5 Å². The van der Waals surface area contributed by atoms with E-state index in [9.17, 15) is 10.2 Å². The van der Waals surface area contributed by atoms with Crippen LogP contribution in [0.25, 0.3) is 0 Å². The molecule has 2 atom stereocenters. The Kier molecular flexibility index (Phi) is 4.64. The SMILES string of the molecule is OC(CBr)C(O)c1ccccc1I. The van der Waals surface area contributed by atoms with Crippen LogP contribution in [0.15, 0.2) is 24.3 Å². The molecular weight excluding hydrogens is 347 g/mol. The van der Waals surface area contributed by atoms with Gasteiger partial charge in [-0.05, 0) is 34.2 Å². The molecule has 0 spiro atoms. The van der Waals surface area contributed by atoms with Crippen molar-refractivity contribution in [1.29, 1.82) is 0 Å². The number of halogens is 2. The normalized spacial score (nSPS) is 15.4. The van der Waals surface area contributed by atoms with Crippen LogP contribution in [0.1, 0.15) is 11.7 Å². The van der Waals surface area contributed by atoms with Gasteiger partial charge in [0.25, 0.3) is 0 Å². The fraction of sp³-hybridized carbons (Fsp3) is 0.333. The van der Waals surface area contributed by atoms with E-state index in [1.165, 1.54) is 0 Å². The molecule has 0 saturated carbocycles. The van der Waals surface area contributed by atoms with E-state index in [0.717, 1.165) is 9.13 Å². The van der Waals surface area contributed by atoms with Crippen molar-refractivity contribution in [3.8, 4) is 0 Å². The second-order valence-electron chi connectivity index (χ2n) is 2.69. The average molecular weight is 357 g/mol. The van der Waals surface area contributed by atoms with E-state index in [2.05, 4.69) is 38.5 Å². The molecule has 13 heavy (non-hydrogen) atoms. The van der Waals surface area contributed by atoms with Gasteiger partial charge in [-0.2, -0.15) is 0 Å². The third-order valence-electron chi connectivity index (χ3n) is 1.75. The van der Waals surface area contributed by atoms with Gasteiger partial charge < -0.3 is 10.2 Å². The van der Waals surface area contributed by atoms with E-state index < -0.39 is 12.2 Å². The van der Waals surface area contributed by atoms with Crippen LogP contribution in [0, 0.1) is 3.57 Å². The maximum Gasteiger partial charge on any atom is 0.107 e. The third kappa shape index (κ3) is 2.90. The number of aliphatic hydroxyl groups excluding tert-OH is 2. The van der Waals surface area contributed by atoms with Crippen LogP contribution in [0.5, 0.6) is 0 Å². The summed E-state index contributed by atoms with van der Waals surface area (Å²) in [6.07, 6.45) is -1.57. The quantitative estimate of drug-likeness (QED) is 0.643. The summed E-state index contributed by atoms with van der Waals surface area (Å²) in [5.41, 5.74) is 0.773. The van der Waals surface area contributed by atoms with Gasteiger partial charge >= 0.3 is 0 Å². The first-order valence-electron chi connectivity index (χ1n) is 3.83. The van der Waals surface area contributed by atoms with E-state index in [4.69, 9.17) is 0 Å². The van der Waals surface area contributed by atoms with Crippen molar-refractivity contribution in [2.75, 3.05) is 5.33 Å². The molecule has 1 aromatic carbocycles. The zero-order valence-corrected chi connectivity index (χ0v) is 10.6. The number of aliphatic hydroxyl groups is 2. The Labute approximate surface area is 99.2 Å². The van der Waals surface area contributed by atoms with Crippen LogP contribution in [-0.4, -0.2) is 21.6 Å². The second kappa shape index (κ2) is 5.29. The summed E-state index contributed by atoms with van der Waals surface area (Å²) in [6, 6.07) is 7.47. The van der Waals surface area contributed by atoms with Crippen molar-refractivity contribution in [3.05, 3.63) is 33.4 Å². The smallest absolute Gasteiger partial charge is 0.107 e. The molecule has 2 nitrogen and oxygen atoms in total. The van der Waals surface area contributed by atoms with Gasteiger partial charge in [0.15, 0.2) is 0 Å². The Bertz CT molecular complexity index is 280. The lowest BCUT2D eigenvalue weighted by atomic mass is 10.1. The lowest BCUT2D eigenvalue weighted by molar-refractivity contribution is 0.0337. The van der Waals surface area contributed by atoms with Gasteiger partial charge in [-0.1, -0.05) is 34.1 Å². The Morgan fingerprint density at radius 2 is 1.92 bits per heavy atom. The minimum atomic E-state index is -0.813. The van der Waals surface area contributed by atoms with Crippen molar-refractivity contribution in [1.82, 2.24) is 0 Å². The fourth-order valence-corrected chi connectivity index (χ4v) is 2.07. The molecule has 0 aliphatic heterocycles. The molecule has 1 aromatic rings. The number of alkyl halides is 1. The van der Waals surface area contributed by atoms with Gasteiger partial charge in [0.2, 0.25) is 0 Å².